The van der Waals surface area contributed by atoms with E-state index in [1.165, 1.54) is 31.2 Å². The summed E-state index contributed by atoms with van der Waals surface area (Å²) in [5.41, 5.74) is 7.94. The highest BCUT2D eigenvalue weighted by Gasteiger charge is 2.16. The maximum absolute atomic E-state index is 2.41. The van der Waals surface area contributed by atoms with Crippen molar-refractivity contribution in [2.45, 2.75) is 46.5 Å². The molecule has 0 saturated heterocycles. The van der Waals surface area contributed by atoms with Crippen LogP contribution in [0.15, 0.2) is 6.07 Å². The van der Waals surface area contributed by atoms with E-state index < -0.39 is 0 Å². The molecule has 0 spiro atoms. The number of hydrogen-bond acceptors (Lipinski definition) is 0. The number of fused-ring (bicyclic) bond motifs is 1. The van der Waals surface area contributed by atoms with Crippen molar-refractivity contribution in [3.63, 3.8) is 0 Å². The maximum Gasteiger partial charge on any atom is -0.0270 e. The Kier molecular flexibility index (Phi) is 2.15. The van der Waals surface area contributed by atoms with Gasteiger partial charge in [0.25, 0.3) is 0 Å². The summed E-state index contributed by atoms with van der Waals surface area (Å²) in [5, 5.41) is 0. The van der Waals surface area contributed by atoms with Crippen LogP contribution in [-0.2, 0) is 19.3 Å². The van der Waals surface area contributed by atoms with Crippen LogP contribution in [-0.4, -0.2) is 0 Å². The van der Waals surface area contributed by atoms with Gasteiger partial charge in [-0.1, -0.05) is 13.0 Å². The van der Waals surface area contributed by atoms with Crippen LogP contribution in [0.1, 0.15) is 41.2 Å². The quantitative estimate of drug-likeness (QED) is 0.612. The van der Waals surface area contributed by atoms with Gasteiger partial charge >= 0.3 is 0 Å². The number of benzene rings is 1. The number of aryl methyl sites for hydroxylation is 2. The van der Waals surface area contributed by atoms with Crippen LogP contribution in [0, 0.1) is 13.8 Å². The third-order valence-electron chi connectivity index (χ3n) is 3.39. The fourth-order valence-electron chi connectivity index (χ4n) is 2.73. The summed E-state index contributed by atoms with van der Waals surface area (Å²) in [6.45, 7) is 6.82. The Morgan fingerprint density at radius 2 is 2.00 bits per heavy atom. The number of rotatable bonds is 1. The van der Waals surface area contributed by atoms with Crippen LogP contribution < -0.4 is 0 Å². The van der Waals surface area contributed by atoms with E-state index in [4.69, 9.17) is 0 Å². The van der Waals surface area contributed by atoms with Gasteiger partial charge in [0.05, 0.1) is 0 Å². The van der Waals surface area contributed by atoms with Gasteiger partial charge in [-0.15, -0.1) is 0 Å². The molecule has 0 bridgehead atoms. The Labute approximate surface area is 81.0 Å². The summed E-state index contributed by atoms with van der Waals surface area (Å²) < 4.78 is 0. The predicted molar refractivity (Wildman–Crippen MR) is 57.3 cm³/mol. The van der Waals surface area contributed by atoms with E-state index in [1.807, 2.05) is 0 Å². The molecule has 0 heterocycles. The Bertz CT molecular complexity index is 331. The first kappa shape index (κ1) is 8.80. The summed E-state index contributed by atoms with van der Waals surface area (Å²) in [6, 6.07) is 2.41. The van der Waals surface area contributed by atoms with Gasteiger partial charge < -0.3 is 0 Å². The molecule has 0 atom stereocenters. The molecule has 1 aromatic carbocycles. The molecule has 0 heteroatoms. The molecule has 0 unspecified atom stereocenters. The van der Waals surface area contributed by atoms with Crippen molar-refractivity contribution < 1.29 is 0 Å². The van der Waals surface area contributed by atoms with E-state index in [0.29, 0.717) is 0 Å². The molecule has 0 fully saturated rings. The first-order chi connectivity index (χ1) is 6.24. The van der Waals surface area contributed by atoms with Gasteiger partial charge in [-0.3, -0.25) is 0 Å². The van der Waals surface area contributed by atoms with Crippen LogP contribution in [0.5, 0.6) is 0 Å². The highest BCUT2D eigenvalue weighted by molar-refractivity contribution is 5.47. The number of hydrogen-bond donors (Lipinski definition) is 0. The van der Waals surface area contributed by atoms with Gasteiger partial charge in [0.2, 0.25) is 0 Å². The van der Waals surface area contributed by atoms with Crippen molar-refractivity contribution in [2.24, 2.45) is 0 Å². The topological polar surface area (TPSA) is 0 Å². The van der Waals surface area contributed by atoms with E-state index in [9.17, 15) is 0 Å². The molecule has 0 aliphatic heterocycles. The molecule has 13 heavy (non-hydrogen) atoms. The fourth-order valence-corrected chi connectivity index (χ4v) is 2.73. The van der Waals surface area contributed by atoms with E-state index in [-0.39, 0.29) is 0 Å². The Morgan fingerprint density at radius 3 is 2.69 bits per heavy atom. The van der Waals surface area contributed by atoms with E-state index >= 15 is 0 Å². The van der Waals surface area contributed by atoms with Crippen LogP contribution >= 0.6 is 0 Å². The normalized spacial score (nSPS) is 14.7. The molecule has 70 valence electrons. The van der Waals surface area contributed by atoms with Gasteiger partial charge in [-0.25, -0.2) is 0 Å². The van der Waals surface area contributed by atoms with E-state index in [1.54, 1.807) is 22.3 Å². The van der Waals surface area contributed by atoms with Crippen molar-refractivity contribution >= 4 is 0 Å². The second kappa shape index (κ2) is 3.17. The lowest BCUT2D eigenvalue weighted by Gasteiger charge is -2.12. The Balaban J connectivity index is 2.62. The first-order valence-corrected chi connectivity index (χ1v) is 5.35. The predicted octanol–water partition coefficient (Wildman–Crippen LogP) is 3.35. The molecular weight excluding hydrogens is 156 g/mol. The Morgan fingerprint density at radius 1 is 1.23 bits per heavy atom. The van der Waals surface area contributed by atoms with E-state index in [0.717, 1.165) is 0 Å². The second-order valence-corrected chi connectivity index (χ2v) is 4.14. The van der Waals surface area contributed by atoms with Crippen LogP contribution in [0.4, 0.5) is 0 Å². The van der Waals surface area contributed by atoms with Crippen LogP contribution in [0.2, 0.25) is 0 Å². The zero-order chi connectivity index (χ0) is 9.42. The largest absolute Gasteiger partial charge is 0.0613 e. The minimum absolute atomic E-state index is 1.19. The molecule has 0 N–H and O–H groups in total. The minimum atomic E-state index is 1.19. The molecule has 1 aromatic rings. The van der Waals surface area contributed by atoms with Crippen molar-refractivity contribution in [3.8, 4) is 0 Å². The van der Waals surface area contributed by atoms with Crippen molar-refractivity contribution in [1.82, 2.24) is 0 Å². The van der Waals surface area contributed by atoms with Gasteiger partial charge in [-0.05, 0) is 67.3 Å². The highest BCUT2D eigenvalue weighted by Crippen LogP contribution is 2.29. The van der Waals surface area contributed by atoms with E-state index in [2.05, 4.69) is 26.8 Å². The average Bonchev–Trinajstić information content (AvgIpc) is 2.53. The summed E-state index contributed by atoms with van der Waals surface area (Å²) in [6.07, 6.45) is 5.17. The average molecular weight is 174 g/mol. The summed E-state index contributed by atoms with van der Waals surface area (Å²) in [4.78, 5) is 0. The molecule has 0 amide bonds. The molecule has 0 saturated carbocycles. The monoisotopic (exact) mass is 174 g/mol. The standard InChI is InChI=1S/C13H18/c1-4-12-9(2)8-11-6-5-7-13(11)10(12)3/h8H,4-7H2,1-3H3. The summed E-state index contributed by atoms with van der Waals surface area (Å²) in [7, 11) is 0. The molecule has 1 aliphatic rings. The zero-order valence-electron chi connectivity index (χ0n) is 8.91. The third kappa shape index (κ3) is 1.29. The summed E-state index contributed by atoms with van der Waals surface area (Å²) >= 11 is 0. The van der Waals surface area contributed by atoms with Gasteiger partial charge in [0.1, 0.15) is 0 Å². The fraction of sp³-hybridized carbons (Fsp3) is 0.538. The van der Waals surface area contributed by atoms with Crippen LogP contribution in [0.3, 0.4) is 0 Å². The third-order valence-corrected chi connectivity index (χ3v) is 3.39. The van der Waals surface area contributed by atoms with Crippen molar-refractivity contribution in [1.29, 1.82) is 0 Å². The SMILES string of the molecule is CCc1c(C)cc2c(c1C)CCC2. The summed E-state index contributed by atoms with van der Waals surface area (Å²) in [5.74, 6) is 0. The van der Waals surface area contributed by atoms with Gasteiger partial charge in [0, 0.05) is 0 Å². The maximum atomic E-state index is 2.41. The minimum Gasteiger partial charge on any atom is -0.0613 e. The van der Waals surface area contributed by atoms with Crippen molar-refractivity contribution in [3.05, 3.63) is 33.9 Å². The lowest BCUT2D eigenvalue weighted by molar-refractivity contribution is 0.908. The Hall–Kier alpha value is -0.780. The lowest BCUT2D eigenvalue weighted by atomic mass is 9.93. The van der Waals surface area contributed by atoms with Crippen LogP contribution in [0.25, 0.3) is 0 Å². The highest BCUT2D eigenvalue weighted by atomic mass is 14.2. The second-order valence-electron chi connectivity index (χ2n) is 4.14. The molecule has 0 aromatic heterocycles. The van der Waals surface area contributed by atoms with Gasteiger partial charge in [0.15, 0.2) is 0 Å². The molecule has 2 rings (SSSR count). The first-order valence-electron chi connectivity index (χ1n) is 5.35. The molecule has 1 aliphatic carbocycles. The zero-order valence-corrected chi connectivity index (χ0v) is 8.91. The molecule has 0 radical (unpaired) electrons. The van der Waals surface area contributed by atoms with Gasteiger partial charge in [-0.2, -0.15) is 0 Å². The smallest absolute Gasteiger partial charge is 0.0270 e. The molecular formula is C13H18. The van der Waals surface area contributed by atoms with Crippen molar-refractivity contribution in [2.75, 3.05) is 0 Å². The lowest BCUT2D eigenvalue weighted by Crippen LogP contribution is -1.97. The molecule has 0 nitrogen and oxygen atoms in total.